The molecule has 1 N–H and O–H groups in total. The highest BCUT2D eigenvalue weighted by molar-refractivity contribution is 5.13. The number of ether oxygens (including phenoxy) is 1. The van der Waals surface area contributed by atoms with Gasteiger partial charge in [0.15, 0.2) is 0 Å². The maximum Gasteiger partial charge on any atom is 0.0838 e. The molecule has 2 unspecified atom stereocenters. The van der Waals surface area contributed by atoms with Gasteiger partial charge in [-0.2, -0.15) is 0 Å². The van der Waals surface area contributed by atoms with E-state index in [0.717, 1.165) is 19.3 Å². The minimum Gasteiger partial charge on any atom is -0.390 e. The van der Waals surface area contributed by atoms with Crippen molar-refractivity contribution in [3.63, 3.8) is 0 Å². The van der Waals surface area contributed by atoms with Crippen molar-refractivity contribution in [3.05, 3.63) is 35.9 Å². The van der Waals surface area contributed by atoms with E-state index >= 15 is 0 Å². The van der Waals surface area contributed by atoms with Crippen LogP contribution >= 0.6 is 0 Å². The molecule has 1 fully saturated rings. The Labute approximate surface area is 110 Å². The van der Waals surface area contributed by atoms with Gasteiger partial charge in [-0.05, 0) is 18.4 Å². The van der Waals surface area contributed by atoms with Crippen LogP contribution in [-0.2, 0) is 11.3 Å². The van der Waals surface area contributed by atoms with Gasteiger partial charge in [-0.15, -0.1) is 0 Å². The zero-order valence-electron chi connectivity index (χ0n) is 11.1. The number of hydrogen-bond donors (Lipinski definition) is 1. The molecule has 0 amide bonds. The first kappa shape index (κ1) is 13.6. The minimum atomic E-state index is -0.285. The summed E-state index contributed by atoms with van der Waals surface area (Å²) in [6, 6.07) is 10.2. The molecule has 1 aromatic rings. The predicted octanol–water partition coefficient (Wildman–Crippen LogP) is 3.68. The third-order valence-corrected chi connectivity index (χ3v) is 3.72. The van der Waals surface area contributed by atoms with E-state index in [2.05, 4.69) is 12.1 Å². The zero-order valence-corrected chi connectivity index (χ0v) is 11.1. The van der Waals surface area contributed by atoms with E-state index in [1.807, 2.05) is 18.2 Å². The fraction of sp³-hybridized carbons (Fsp3) is 0.625. The largest absolute Gasteiger partial charge is 0.390 e. The second kappa shape index (κ2) is 7.55. The van der Waals surface area contributed by atoms with Crippen molar-refractivity contribution in [2.45, 2.75) is 63.8 Å². The van der Waals surface area contributed by atoms with Gasteiger partial charge in [-0.1, -0.05) is 62.4 Å². The molecule has 0 spiro atoms. The van der Waals surface area contributed by atoms with Crippen molar-refractivity contribution in [1.82, 2.24) is 0 Å². The summed E-state index contributed by atoms with van der Waals surface area (Å²) in [7, 11) is 0. The SMILES string of the molecule is OC1CCCCCCCC1OCc1ccccc1. The van der Waals surface area contributed by atoms with E-state index in [-0.39, 0.29) is 12.2 Å². The van der Waals surface area contributed by atoms with Gasteiger partial charge in [0.2, 0.25) is 0 Å². The maximum atomic E-state index is 10.2. The van der Waals surface area contributed by atoms with Crippen LogP contribution in [0.2, 0.25) is 0 Å². The highest BCUT2D eigenvalue weighted by Crippen LogP contribution is 2.20. The van der Waals surface area contributed by atoms with E-state index in [4.69, 9.17) is 4.74 Å². The van der Waals surface area contributed by atoms with Crippen molar-refractivity contribution in [1.29, 1.82) is 0 Å². The van der Waals surface area contributed by atoms with Crippen molar-refractivity contribution in [3.8, 4) is 0 Å². The molecular formula is C16H24O2. The molecule has 0 aromatic heterocycles. The first-order valence-corrected chi connectivity index (χ1v) is 7.20. The lowest BCUT2D eigenvalue weighted by atomic mass is 10.0. The molecule has 2 rings (SSSR count). The Morgan fingerprint density at radius 1 is 0.944 bits per heavy atom. The van der Waals surface area contributed by atoms with Crippen molar-refractivity contribution in [2.75, 3.05) is 0 Å². The third kappa shape index (κ3) is 4.43. The molecule has 1 aliphatic carbocycles. The average Bonchev–Trinajstić information content (AvgIpc) is 2.50. The van der Waals surface area contributed by atoms with Gasteiger partial charge in [-0.25, -0.2) is 0 Å². The van der Waals surface area contributed by atoms with E-state index < -0.39 is 0 Å². The molecule has 2 heteroatoms. The third-order valence-electron chi connectivity index (χ3n) is 3.72. The second-order valence-corrected chi connectivity index (χ2v) is 5.25. The number of hydrogen-bond acceptors (Lipinski definition) is 2. The number of rotatable bonds is 3. The Morgan fingerprint density at radius 2 is 1.61 bits per heavy atom. The maximum absolute atomic E-state index is 10.2. The van der Waals surface area contributed by atoms with Crippen LogP contribution in [0.5, 0.6) is 0 Å². The Balaban J connectivity index is 1.84. The standard InChI is InChI=1S/C16H24O2/c17-15-11-7-2-1-3-8-12-16(15)18-13-14-9-5-4-6-10-14/h4-6,9-10,15-17H,1-3,7-8,11-13H2. The van der Waals surface area contributed by atoms with Crippen molar-refractivity contribution >= 4 is 0 Å². The number of aliphatic hydroxyl groups excluding tert-OH is 1. The lowest BCUT2D eigenvalue weighted by molar-refractivity contribution is -0.0529. The molecule has 0 bridgehead atoms. The summed E-state index contributed by atoms with van der Waals surface area (Å²) in [6.45, 7) is 0.614. The quantitative estimate of drug-likeness (QED) is 0.884. The van der Waals surface area contributed by atoms with Gasteiger partial charge in [0.25, 0.3) is 0 Å². The molecule has 1 aliphatic rings. The molecule has 0 aliphatic heterocycles. The van der Waals surface area contributed by atoms with E-state index in [9.17, 15) is 5.11 Å². The molecule has 2 atom stereocenters. The molecular weight excluding hydrogens is 224 g/mol. The van der Waals surface area contributed by atoms with Crippen LogP contribution in [0.4, 0.5) is 0 Å². The minimum absolute atomic E-state index is 0.0170. The molecule has 0 radical (unpaired) electrons. The Bertz CT molecular complexity index is 323. The smallest absolute Gasteiger partial charge is 0.0838 e. The fourth-order valence-corrected chi connectivity index (χ4v) is 2.58. The summed E-state index contributed by atoms with van der Waals surface area (Å²) in [5, 5.41) is 10.2. The topological polar surface area (TPSA) is 29.5 Å². The Morgan fingerprint density at radius 3 is 2.39 bits per heavy atom. The van der Waals surface area contributed by atoms with Crippen molar-refractivity contribution in [2.24, 2.45) is 0 Å². The van der Waals surface area contributed by atoms with Gasteiger partial charge in [0, 0.05) is 0 Å². The van der Waals surface area contributed by atoms with Crippen LogP contribution < -0.4 is 0 Å². The van der Waals surface area contributed by atoms with Crippen LogP contribution in [0.1, 0.15) is 50.5 Å². The molecule has 1 saturated carbocycles. The van der Waals surface area contributed by atoms with E-state index in [1.54, 1.807) is 0 Å². The highest BCUT2D eigenvalue weighted by Gasteiger charge is 2.20. The van der Waals surface area contributed by atoms with Gasteiger partial charge < -0.3 is 9.84 Å². The summed E-state index contributed by atoms with van der Waals surface area (Å²) >= 11 is 0. The van der Waals surface area contributed by atoms with Gasteiger partial charge in [0.1, 0.15) is 0 Å². The number of aliphatic hydroxyl groups is 1. The summed E-state index contributed by atoms with van der Waals surface area (Å²) in [4.78, 5) is 0. The lowest BCUT2D eigenvalue weighted by Crippen LogP contribution is -2.28. The average molecular weight is 248 g/mol. The van der Waals surface area contributed by atoms with E-state index in [1.165, 1.54) is 31.2 Å². The zero-order chi connectivity index (χ0) is 12.6. The monoisotopic (exact) mass is 248 g/mol. The lowest BCUT2D eigenvalue weighted by Gasteiger charge is -2.22. The van der Waals surface area contributed by atoms with Gasteiger partial charge in [-0.3, -0.25) is 0 Å². The van der Waals surface area contributed by atoms with Crippen LogP contribution in [0.3, 0.4) is 0 Å². The molecule has 1 aromatic carbocycles. The fourth-order valence-electron chi connectivity index (χ4n) is 2.58. The Hall–Kier alpha value is -0.860. The van der Waals surface area contributed by atoms with Crippen LogP contribution in [-0.4, -0.2) is 17.3 Å². The molecule has 2 nitrogen and oxygen atoms in total. The van der Waals surface area contributed by atoms with Gasteiger partial charge in [0.05, 0.1) is 18.8 Å². The second-order valence-electron chi connectivity index (χ2n) is 5.25. The van der Waals surface area contributed by atoms with Crippen LogP contribution in [0, 0.1) is 0 Å². The molecule has 0 saturated heterocycles. The van der Waals surface area contributed by atoms with E-state index in [0.29, 0.717) is 6.61 Å². The first-order chi connectivity index (χ1) is 8.86. The van der Waals surface area contributed by atoms with Crippen LogP contribution in [0.15, 0.2) is 30.3 Å². The highest BCUT2D eigenvalue weighted by atomic mass is 16.5. The normalized spacial score (nSPS) is 26.1. The summed E-state index contributed by atoms with van der Waals surface area (Å²) in [6.07, 6.45) is 7.75. The molecule has 18 heavy (non-hydrogen) atoms. The number of benzene rings is 1. The van der Waals surface area contributed by atoms with Crippen molar-refractivity contribution < 1.29 is 9.84 Å². The summed E-state index contributed by atoms with van der Waals surface area (Å²) < 4.78 is 5.92. The summed E-state index contributed by atoms with van der Waals surface area (Å²) in [5.41, 5.74) is 1.18. The molecule has 100 valence electrons. The Kier molecular flexibility index (Phi) is 5.69. The van der Waals surface area contributed by atoms with Crippen LogP contribution in [0.25, 0.3) is 0 Å². The summed E-state index contributed by atoms with van der Waals surface area (Å²) in [5.74, 6) is 0. The molecule has 0 heterocycles. The predicted molar refractivity (Wildman–Crippen MR) is 73.3 cm³/mol. The first-order valence-electron chi connectivity index (χ1n) is 7.20. The van der Waals surface area contributed by atoms with Gasteiger partial charge >= 0.3 is 0 Å².